The second-order valence-electron chi connectivity index (χ2n) is 4.23. The highest BCUT2D eigenvalue weighted by molar-refractivity contribution is 5.37. The minimum Gasteiger partial charge on any atom is -0.496 e. The number of likely N-dealkylation sites (N-methyl/N-ethyl adjacent to an activating group) is 1. The summed E-state index contributed by atoms with van der Waals surface area (Å²) in [5.74, 6) is 0.865. The minimum atomic E-state index is -0.431. The Kier molecular flexibility index (Phi) is 5.45. The standard InChI is InChI=1S/C14H23NO2/c1-5-15(6-2)10-13(16)12-7-8-14(17-4)11(3)9-12/h7-9,13,16H,5-6,10H2,1-4H3. The number of aliphatic hydroxyl groups excluding tert-OH is 1. The number of methoxy groups -OCH3 is 1. The van der Waals surface area contributed by atoms with Gasteiger partial charge >= 0.3 is 0 Å². The molecule has 17 heavy (non-hydrogen) atoms. The van der Waals surface area contributed by atoms with Crippen LogP contribution in [0.5, 0.6) is 5.75 Å². The third-order valence-corrected chi connectivity index (χ3v) is 3.13. The van der Waals surface area contributed by atoms with Crippen LogP contribution in [0.15, 0.2) is 18.2 Å². The molecule has 0 spiro atoms. The Morgan fingerprint density at radius 2 is 1.94 bits per heavy atom. The number of hydrogen-bond donors (Lipinski definition) is 1. The van der Waals surface area contributed by atoms with Gasteiger partial charge in [0, 0.05) is 6.54 Å². The van der Waals surface area contributed by atoms with Crippen LogP contribution in [0.1, 0.15) is 31.1 Å². The number of benzene rings is 1. The summed E-state index contributed by atoms with van der Waals surface area (Å²) >= 11 is 0. The van der Waals surface area contributed by atoms with E-state index in [0.29, 0.717) is 6.54 Å². The maximum absolute atomic E-state index is 10.2. The first-order valence-corrected chi connectivity index (χ1v) is 6.17. The molecule has 0 aliphatic carbocycles. The normalized spacial score (nSPS) is 12.8. The van der Waals surface area contributed by atoms with Crippen molar-refractivity contribution >= 4 is 0 Å². The van der Waals surface area contributed by atoms with Gasteiger partial charge in [-0.05, 0) is 43.3 Å². The average Bonchev–Trinajstić information content (AvgIpc) is 2.35. The second-order valence-corrected chi connectivity index (χ2v) is 4.23. The molecule has 1 N–H and O–H groups in total. The fourth-order valence-electron chi connectivity index (χ4n) is 1.94. The Morgan fingerprint density at radius 1 is 1.29 bits per heavy atom. The molecule has 1 aromatic carbocycles. The van der Waals surface area contributed by atoms with Gasteiger partial charge in [0.05, 0.1) is 13.2 Å². The molecule has 0 fully saturated rings. The molecule has 1 aromatic rings. The number of aryl methyl sites for hydroxylation is 1. The average molecular weight is 237 g/mol. The summed E-state index contributed by atoms with van der Waals surface area (Å²) in [5.41, 5.74) is 2.01. The first-order chi connectivity index (χ1) is 8.12. The van der Waals surface area contributed by atoms with Gasteiger partial charge in [0.2, 0.25) is 0 Å². The van der Waals surface area contributed by atoms with Crippen LogP contribution in [0.3, 0.4) is 0 Å². The number of nitrogens with zero attached hydrogens (tertiary/aromatic N) is 1. The third kappa shape index (κ3) is 3.72. The lowest BCUT2D eigenvalue weighted by Crippen LogP contribution is -2.28. The van der Waals surface area contributed by atoms with Crippen molar-refractivity contribution in [1.82, 2.24) is 4.90 Å². The van der Waals surface area contributed by atoms with Gasteiger partial charge in [-0.1, -0.05) is 19.9 Å². The van der Waals surface area contributed by atoms with Crippen molar-refractivity contribution in [2.24, 2.45) is 0 Å². The number of hydrogen-bond acceptors (Lipinski definition) is 3. The zero-order valence-corrected chi connectivity index (χ0v) is 11.2. The Bertz CT molecular complexity index is 348. The van der Waals surface area contributed by atoms with Crippen LogP contribution in [-0.4, -0.2) is 36.8 Å². The monoisotopic (exact) mass is 237 g/mol. The lowest BCUT2D eigenvalue weighted by atomic mass is 10.1. The summed E-state index contributed by atoms with van der Waals surface area (Å²) in [4.78, 5) is 2.21. The van der Waals surface area contributed by atoms with Gasteiger partial charge in [-0.2, -0.15) is 0 Å². The molecule has 0 saturated heterocycles. The highest BCUT2D eigenvalue weighted by Crippen LogP contribution is 2.22. The van der Waals surface area contributed by atoms with Crippen LogP contribution >= 0.6 is 0 Å². The van der Waals surface area contributed by atoms with Crippen LogP contribution in [0.4, 0.5) is 0 Å². The molecule has 0 aliphatic heterocycles. The van der Waals surface area contributed by atoms with Gasteiger partial charge in [0.1, 0.15) is 5.75 Å². The molecule has 1 rings (SSSR count). The largest absolute Gasteiger partial charge is 0.496 e. The van der Waals surface area contributed by atoms with Crippen LogP contribution in [0.2, 0.25) is 0 Å². The van der Waals surface area contributed by atoms with Gasteiger partial charge in [-0.15, -0.1) is 0 Å². The van der Waals surface area contributed by atoms with Crippen molar-refractivity contribution in [3.05, 3.63) is 29.3 Å². The molecule has 0 aliphatic rings. The van der Waals surface area contributed by atoms with Crippen molar-refractivity contribution in [3.63, 3.8) is 0 Å². The predicted octanol–water partition coefficient (Wildman–Crippen LogP) is 2.38. The maximum Gasteiger partial charge on any atom is 0.121 e. The zero-order chi connectivity index (χ0) is 12.8. The van der Waals surface area contributed by atoms with E-state index in [2.05, 4.69) is 18.7 Å². The van der Waals surface area contributed by atoms with Gasteiger partial charge < -0.3 is 14.7 Å². The van der Waals surface area contributed by atoms with Crippen LogP contribution in [-0.2, 0) is 0 Å². The van der Waals surface area contributed by atoms with Crippen molar-refractivity contribution in [2.45, 2.75) is 26.9 Å². The van der Waals surface area contributed by atoms with Crippen molar-refractivity contribution in [2.75, 3.05) is 26.7 Å². The first kappa shape index (κ1) is 14.0. The van der Waals surface area contributed by atoms with E-state index < -0.39 is 6.10 Å². The second kappa shape index (κ2) is 6.62. The van der Waals surface area contributed by atoms with Gasteiger partial charge in [0.25, 0.3) is 0 Å². The van der Waals surface area contributed by atoms with E-state index in [1.807, 2.05) is 25.1 Å². The summed E-state index contributed by atoms with van der Waals surface area (Å²) in [6.07, 6.45) is -0.431. The molecule has 3 nitrogen and oxygen atoms in total. The lowest BCUT2D eigenvalue weighted by Gasteiger charge is -2.22. The number of ether oxygens (including phenoxy) is 1. The minimum absolute atomic E-state index is 0.431. The highest BCUT2D eigenvalue weighted by Gasteiger charge is 2.12. The van der Waals surface area contributed by atoms with E-state index in [1.54, 1.807) is 7.11 Å². The SMILES string of the molecule is CCN(CC)CC(O)c1ccc(OC)c(C)c1. The molecule has 1 unspecified atom stereocenters. The van der Waals surface area contributed by atoms with Gasteiger partial charge in [0.15, 0.2) is 0 Å². The smallest absolute Gasteiger partial charge is 0.121 e. The number of rotatable bonds is 6. The van der Waals surface area contributed by atoms with Gasteiger partial charge in [-0.3, -0.25) is 0 Å². The molecule has 1 atom stereocenters. The molecule has 3 heteroatoms. The topological polar surface area (TPSA) is 32.7 Å². The lowest BCUT2D eigenvalue weighted by molar-refractivity contribution is 0.119. The Labute approximate surface area is 104 Å². The fraction of sp³-hybridized carbons (Fsp3) is 0.571. The third-order valence-electron chi connectivity index (χ3n) is 3.13. The molecule has 0 heterocycles. The molecule has 0 amide bonds. The quantitative estimate of drug-likeness (QED) is 0.824. The van der Waals surface area contributed by atoms with E-state index in [1.165, 1.54) is 0 Å². The van der Waals surface area contributed by atoms with Crippen LogP contribution in [0.25, 0.3) is 0 Å². The molecular formula is C14H23NO2. The predicted molar refractivity (Wildman–Crippen MR) is 70.5 cm³/mol. The Hall–Kier alpha value is -1.06. The summed E-state index contributed by atoms with van der Waals surface area (Å²) in [6.45, 7) is 8.81. The summed E-state index contributed by atoms with van der Waals surface area (Å²) in [5, 5.41) is 10.2. The highest BCUT2D eigenvalue weighted by atomic mass is 16.5. The van der Waals surface area contributed by atoms with E-state index in [4.69, 9.17) is 4.74 Å². The van der Waals surface area contributed by atoms with Crippen molar-refractivity contribution < 1.29 is 9.84 Å². The molecule has 0 bridgehead atoms. The van der Waals surface area contributed by atoms with Crippen LogP contribution in [0, 0.1) is 6.92 Å². The van der Waals surface area contributed by atoms with Crippen molar-refractivity contribution in [1.29, 1.82) is 0 Å². The van der Waals surface area contributed by atoms with E-state index in [0.717, 1.165) is 30.0 Å². The Balaban J connectivity index is 2.75. The summed E-state index contributed by atoms with van der Waals surface area (Å²) in [7, 11) is 1.66. The first-order valence-electron chi connectivity index (χ1n) is 6.17. The number of aliphatic hydroxyl groups is 1. The zero-order valence-electron chi connectivity index (χ0n) is 11.2. The van der Waals surface area contributed by atoms with E-state index >= 15 is 0 Å². The van der Waals surface area contributed by atoms with Crippen LogP contribution < -0.4 is 4.74 Å². The molecule has 0 radical (unpaired) electrons. The maximum atomic E-state index is 10.2. The van der Waals surface area contributed by atoms with E-state index in [-0.39, 0.29) is 0 Å². The summed E-state index contributed by atoms with van der Waals surface area (Å²) in [6, 6.07) is 5.84. The van der Waals surface area contributed by atoms with Crippen molar-refractivity contribution in [3.8, 4) is 5.75 Å². The summed E-state index contributed by atoms with van der Waals surface area (Å²) < 4.78 is 5.21. The van der Waals surface area contributed by atoms with E-state index in [9.17, 15) is 5.11 Å². The molecular weight excluding hydrogens is 214 g/mol. The van der Waals surface area contributed by atoms with Gasteiger partial charge in [-0.25, -0.2) is 0 Å². The molecule has 96 valence electrons. The fourth-order valence-corrected chi connectivity index (χ4v) is 1.94. The Morgan fingerprint density at radius 3 is 2.41 bits per heavy atom. The molecule has 0 aromatic heterocycles. The molecule has 0 saturated carbocycles.